The van der Waals surface area contributed by atoms with Crippen molar-refractivity contribution < 1.29 is 14.3 Å². The van der Waals surface area contributed by atoms with E-state index in [9.17, 15) is 4.79 Å². The first-order valence-electron chi connectivity index (χ1n) is 6.97. The van der Waals surface area contributed by atoms with E-state index in [-0.39, 0.29) is 5.91 Å². The molecule has 0 radical (unpaired) electrons. The minimum Gasteiger partial charge on any atom is -0.486 e. The highest BCUT2D eigenvalue weighted by molar-refractivity contribution is 7.14. The fraction of sp³-hybridized carbons (Fsp3) is 0.333. The molecule has 5 nitrogen and oxygen atoms in total. The van der Waals surface area contributed by atoms with Crippen molar-refractivity contribution in [2.24, 2.45) is 0 Å². The number of carbonyl (C=O) groups is 1. The first-order valence-corrected chi connectivity index (χ1v) is 7.85. The van der Waals surface area contributed by atoms with Crippen LogP contribution >= 0.6 is 11.3 Å². The number of fused-ring (bicyclic) bond motifs is 1. The molecule has 0 saturated carbocycles. The molecule has 0 atom stereocenters. The van der Waals surface area contributed by atoms with Gasteiger partial charge in [0.05, 0.1) is 5.69 Å². The highest BCUT2D eigenvalue weighted by Gasteiger charge is 2.24. The molecular weight excluding hydrogens is 288 g/mol. The fourth-order valence-electron chi connectivity index (χ4n) is 2.57. The number of rotatable bonds is 2. The van der Waals surface area contributed by atoms with Crippen molar-refractivity contribution in [3.05, 3.63) is 23.6 Å². The Kier molecular flexibility index (Phi) is 3.03. The fourth-order valence-corrected chi connectivity index (χ4v) is 3.45. The maximum atomic E-state index is 11.8. The van der Waals surface area contributed by atoms with Crippen LogP contribution in [0.25, 0.3) is 11.3 Å². The van der Waals surface area contributed by atoms with Crippen LogP contribution in [0, 0.1) is 0 Å². The zero-order valence-electron chi connectivity index (χ0n) is 11.4. The van der Waals surface area contributed by atoms with Gasteiger partial charge in [-0.1, -0.05) is 0 Å². The van der Waals surface area contributed by atoms with Crippen LogP contribution in [-0.4, -0.2) is 30.6 Å². The summed E-state index contributed by atoms with van der Waals surface area (Å²) in [6.45, 7) is 1.93. The van der Waals surface area contributed by atoms with Gasteiger partial charge < -0.3 is 9.47 Å². The molecule has 21 heavy (non-hydrogen) atoms. The highest BCUT2D eigenvalue weighted by atomic mass is 32.1. The number of thiazole rings is 1. The summed E-state index contributed by atoms with van der Waals surface area (Å²) < 4.78 is 11.1. The van der Waals surface area contributed by atoms with E-state index < -0.39 is 0 Å². The largest absolute Gasteiger partial charge is 0.486 e. The van der Waals surface area contributed by atoms with Gasteiger partial charge in [0.15, 0.2) is 16.6 Å². The molecule has 0 N–H and O–H groups in total. The van der Waals surface area contributed by atoms with Crippen molar-refractivity contribution in [1.82, 2.24) is 4.98 Å². The number of hydrogen-bond donors (Lipinski definition) is 0. The maximum absolute atomic E-state index is 11.8. The van der Waals surface area contributed by atoms with Crippen molar-refractivity contribution in [3.63, 3.8) is 0 Å². The van der Waals surface area contributed by atoms with Crippen LogP contribution in [0.1, 0.15) is 12.8 Å². The van der Waals surface area contributed by atoms with Gasteiger partial charge >= 0.3 is 0 Å². The second kappa shape index (κ2) is 5.04. The Morgan fingerprint density at radius 3 is 2.86 bits per heavy atom. The maximum Gasteiger partial charge on any atom is 0.228 e. The predicted molar refractivity (Wildman–Crippen MR) is 80.1 cm³/mol. The predicted octanol–water partition coefficient (Wildman–Crippen LogP) is 2.71. The average molecular weight is 302 g/mol. The van der Waals surface area contributed by atoms with Crippen molar-refractivity contribution in [1.29, 1.82) is 0 Å². The summed E-state index contributed by atoms with van der Waals surface area (Å²) in [6, 6.07) is 5.82. The SMILES string of the molecule is O=C1CCCN1c1nc(-c2ccc3c(c2)OCCO3)cs1. The van der Waals surface area contributed by atoms with Gasteiger partial charge in [-0.3, -0.25) is 9.69 Å². The monoisotopic (exact) mass is 302 g/mol. The number of ether oxygens (including phenoxy) is 2. The number of carbonyl (C=O) groups excluding carboxylic acids is 1. The van der Waals surface area contributed by atoms with Crippen LogP contribution in [0.5, 0.6) is 11.5 Å². The second-order valence-electron chi connectivity index (χ2n) is 5.02. The molecular formula is C15H14N2O3S. The number of nitrogens with zero attached hydrogens (tertiary/aromatic N) is 2. The first-order chi connectivity index (χ1) is 10.3. The van der Waals surface area contributed by atoms with Gasteiger partial charge in [0.1, 0.15) is 13.2 Å². The van der Waals surface area contributed by atoms with Gasteiger partial charge in [-0.2, -0.15) is 0 Å². The molecule has 1 aromatic carbocycles. The van der Waals surface area contributed by atoms with E-state index in [0.717, 1.165) is 40.9 Å². The molecule has 1 amide bonds. The number of anilines is 1. The lowest BCUT2D eigenvalue weighted by molar-refractivity contribution is -0.117. The van der Waals surface area contributed by atoms with E-state index in [0.29, 0.717) is 19.6 Å². The molecule has 6 heteroatoms. The number of amides is 1. The Morgan fingerprint density at radius 1 is 1.19 bits per heavy atom. The molecule has 108 valence electrons. The van der Waals surface area contributed by atoms with E-state index in [2.05, 4.69) is 4.98 Å². The van der Waals surface area contributed by atoms with Gasteiger partial charge in [0, 0.05) is 23.9 Å². The van der Waals surface area contributed by atoms with Crippen molar-refractivity contribution in [2.75, 3.05) is 24.7 Å². The summed E-state index contributed by atoms with van der Waals surface area (Å²) in [4.78, 5) is 18.1. The molecule has 2 aliphatic heterocycles. The minimum atomic E-state index is 0.165. The highest BCUT2D eigenvalue weighted by Crippen LogP contribution is 2.36. The molecule has 0 bridgehead atoms. The molecule has 0 aliphatic carbocycles. The van der Waals surface area contributed by atoms with Crippen molar-refractivity contribution in [2.45, 2.75) is 12.8 Å². The van der Waals surface area contributed by atoms with Gasteiger partial charge in [-0.25, -0.2) is 4.98 Å². The Labute approximate surface area is 126 Å². The summed E-state index contributed by atoms with van der Waals surface area (Å²) in [5, 5.41) is 2.76. The van der Waals surface area contributed by atoms with E-state index in [1.807, 2.05) is 23.6 Å². The van der Waals surface area contributed by atoms with Gasteiger partial charge in [-0.05, 0) is 24.6 Å². The third-order valence-electron chi connectivity index (χ3n) is 3.63. The van der Waals surface area contributed by atoms with Crippen LogP contribution in [-0.2, 0) is 4.79 Å². The Morgan fingerprint density at radius 2 is 2.05 bits per heavy atom. The number of hydrogen-bond acceptors (Lipinski definition) is 5. The summed E-state index contributed by atoms with van der Waals surface area (Å²) in [7, 11) is 0. The average Bonchev–Trinajstić information content (AvgIpc) is 3.15. The Balaban J connectivity index is 1.65. The lowest BCUT2D eigenvalue weighted by Gasteiger charge is -2.18. The number of benzene rings is 1. The summed E-state index contributed by atoms with van der Waals surface area (Å²) in [6.07, 6.45) is 1.54. The van der Waals surface area contributed by atoms with Gasteiger partial charge in [-0.15, -0.1) is 11.3 Å². The summed E-state index contributed by atoms with van der Waals surface area (Å²) in [5.74, 6) is 1.69. The standard InChI is InChI=1S/C15H14N2O3S/c18-14-2-1-5-17(14)15-16-11(9-21-15)10-3-4-12-13(8-10)20-7-6-19-12/h3-4,8-9H,1-2,5-7H2. The number of aromatic nitrogens is 1. The molecule has 1 fully saturated rings. The van der Waals surface area contributed by atoms with E-state index in [1.54, 1.807) is 4.90 Å². The smallest absolute Gasteiger partial charge is 0.228 e. The van der Waals surface area contributed by atoms with Crippen LogP contribution in [0.2, 0.25) is 0 Å². The lowest BCUT2D eigenvalue weighted by Crippen LogP contribution is -2.23. The molecule has 3 heterocycles. The van der Waals surface area contributed by atoms with E-state index in [4.69, 9.17) is 9.47 Å². The van der Waals surface area contributed by atoms with Crippen LogP contribution in [0.4, 0.5) is 5.13 Å². The minimum absolute atomic E-state index is 0.165. The van der Waals surface area contributed by atoms with Gasteiger partial charge in [0.25, 0.3) is 0 Å². The quantitative estimate of drug-likeness (QED) is 0.856. The van der Waals surface area contributed by atoms with Crippen molar-refractivity contribution in [3.8, 4) is 22.8 Å². The van der Waals surface area contributed by atoms with Crippen molar-refractivity contribution >= 4 is 22.4 Å². The summed E-state index contributed by atoms with van der Waals surface area (Å²) in [5.41, 5.74) is 1.85. The van der Waals surface area contributed by atoms with Crippen LogP contribution in [0.3, 0.4) is 0 Å². The zero-order valence-corrected chi connectivity index (χ0v) is 12.2. The van der Waals surface area contributed by atoms with Crippen LogP contribution < -0.4 is 14.4 Å². The molecule has 1 saturated heterocycles. The Bertz CT molecular complexity index is 698. The molecule has 2 aliphatic rings. The molecule has 0 spiro atoms. The molecule has 0 unspecified atom stereocenters. The Hall–Kier alpha value is -2.08. The van der Waals surface area contributed by atoms with E-state index in [1.165, 1.54) is 11.3 Å². The zero-order chi connectivity index (χ0) is 14.2. The van der Waals surface area contributed by atoms with E-state index >= 15 is 0 Å². The second-order valence-corrected chi connectivity index (χ2v) is 5.86. The molecule has 1 aromatic heterocycles. The first kappa shape index (κ1) is 12.6. The van der Waals surface area contributed by atoms with Gasteiger partial charge in [0.2, 0.25) is 5.91 Å². The van der Waals surface area contributed by atoms with Crippen LogP contribution in [0.15, 0.2) is 23.6 Å². The topological polar surface area (TPSA) is 51.7 Å². The normalized spacial score (nSPS) is 17.3. The third-order valence-corrected chi connectivity index (χ3v) is 4.50. The molecule has 4 rings (SSSR count). The third kappa shape index (κ3) is 2.25. The lowest BCUT2D eigenvalue weighted by atomic mass is 10.1. The molecule has 2 aromatic rings. The summed E-state index contributed by atoms with van der Waals surface area (Å²) >= 11 is 1.50.